The van der Waals surface area contributed by atoms with Gasteiger partial charge >= 0.3 is 0 Å². The van der Waals surface area contributed by atoms with Crippen LogP contribution < -0.4 is 5.73 Å². The molecule has 0 fully saturated rings. The van der Waals surface area contributed by atoms with Crippen LogP contribution in [0.2, 0.25) is 0 Å². The Balaban J connectivity index is 3.18. The zero-order valence-electron chi connectivity index (χ0n) is 10.1. The summed E-state index contributed by atoms with van der Waals surface area (Å²) in [7, 11) is 0. The normalized spacial score (nSPS) is 12.7. The third kappa shape index (κ3) is 11.8. The molecule has 0 amide bonds. The highest BCUT2D eigenvalue weighted by atomic mass is 32.1. The molecule has 2 N–H and O–H groups in total. The average Bonchev–Trinajstić information content (AvgIpc) is 2.19. The van der Waals surface area contributed by atoms with Crippen LogP contribution in [-0.2, 0) is 4.74 Å². The van der Waals surface area contributed by atoms with Crippen molar-refractivity contribution in [1.29, 1.82) is 0 Å². The van der Waals surface area contributed by atoms with E-state index in [4.69, 9.17) is 22.7 Å². The summed E-state index contributed by atoms with van der Waals surface area (Å²) in [6.45, 7) is 5.16. The van der Waals surface area contributed by atoms with E-state index in [9.17, 15) is 0 Å². The summed E-state index contributed by atoms with van der Waals surface area (Å²) in [6.07, 6.45) is 8.56. The first kappa shape index (κ1) is 14.8. The van der Waals surface area contributed by atoms with Gasteiger partial charge in [-0.3, -0.25) is 0 Å². The number of hydrogen-bond acceptors (Lipinski definition) is 2. The lowest BCUT2D eigenvalue weighted by Crippen LogP contribution is -2.12. The van der Waals surface area contributed by atoms with E-state index in [2.05, 4.69) is 13.8 Å². The molecule has 0 saturated carbocycles. The molecule has 0 aromatic heterocycles. The van der Waals surface area contributed by atoms with E-state index in [0.29, 0.717) is 11.1 Å². The molecule has 1 atom stereocenters. The lowest BCUT2D eigenvalue weighted by Gasteiger charge is -2.12. The van der Waals surface area contributed by atoms with E-state index in [1.165, 1.54) is 32.1 Å². The van der Waals surface area contributed by atoms with E-state index in [0.717, 1.165) is 19.4 Å². The van der Waals surface area contributed by atoms with Crippen molar-refractivity contribution in [2.75, 3.05) is 6.61 Å². The molecule has 0 radical (unpaired) electrons. The summed E-state index contributed by atoms with van der Waals surface area (Å²) in [5, 5.41) is 0. The summed E-state index contributed by atoms with van der Waals surface area (Å²) >= 11 is 4.80. The first-order valence-corrected chi connectivity index (χ1v) is 6.47. The number of hydrogen-bond donors (Lipinski definition) is 1. The van der Waals surface area contributed by atoms with Crippen LogP contribution >= 0.6 is 12.2 Å². The van der Waals surface area contributed by atoms with Gasteiger partial charge in [-0.25, -0.2) is 0 Å². The summed E-state index contributed by atoms with van der Waals surface area (Å²) in [4.78, 5) is 0.592. The molecule has 0 aliphatic rings. The minimum Gasteiger partial charge on any atom is -0.393 e. The molecule has 0 aromatic rings. The van der Waals surface area contributed by atoms with Crippen LogP contribution in [0.4, 0.5) is 0 Å². The van der Waals surface area contributed by atoms with Crippen molar-refractivity contribution in [1.82, 2.24) is 0 Å². The summed E-state index contributed by atoms with van der Waals surface area (Å²) in [6, 6.07) is 0. The van der Waals surface area contributed by atoms with Crippen molar-refractivity contribution >= 4 is 17.2 Å². The van der Waals surface area contributed by atoms with Crippen molar-refractivity contribution in [2.45, 2.75) is 64.9 Å². The second-order valence-electron chi connectivity index (χ2n) is 4.10. The van der Waals surface area contributed by atoms with Crippen LogP contribution in [-0.4, -0.2) is 17.7 Å². The van der Waals surface area contributed by atoms with Crippen LogP contribution in [0.1, 0.15) is 58.8 Å². The minimum atomic E-state index is 0.383. The van der Waals surface area contributed by atoms with Gasteiger partial charge in [0.05, 0.1) is 11.1 Å². The smallest absolute Gasteiger partial charge is 0.0728 e. The molecule has 15 heavy (non-hydrogen) atoms. The van der Waals surface area contributed by atoms with Gasteiger partial charge < -0.3 is 10.5 Å². The number of unbranched alkanes of at least 4 members (excludes halogenated alkanes) is 3. The Morgan fingerprint density at radius 1 is 1.27 bits per heavy atom. The second-order valence-corrected chi connectivity index (χ2v) is 4.62. The monoisotopic (exact) mass is 231 g/mol. The Kier molecular flexibility index (Phi) is 10.3. The fraction of sp³-hybridized carbons (Fsp3) is 0.917. The van der Waals surface area contributed by atoms with E-state index in [1.807, 2.05) is 0 Å². The fourth-order valence-corrected chi connectivity index (χ4v) is 1.62. The first-order valence-electron chi connectivity index (χ1n) is 6.06. The average molecular weight is 231 g/mol. The Bertz CT molecular complexity index is 162. The largest absolute Gasteiger partial charge is 0.393 e. The minimum absolute atomic E-state index is 0.383. The molecule has 0 aromatic carbocycles. The zero-order chi connectivity index (χ0) is 11.5. The van der Waals surface area contributed by atoms with Gasteiger partial charge in [-0.05, 0) is 26.2 Å². The van der Waals surface area contributed by atoms with E-state index >= 15 is 0 Å². The maximum atomic E-state index is 5.66. The van der Waals surface area contributed by atoms with Gasteiger partial charge in [0.2, 0.25) is 0 Å². The Labute approximate surface area is 99.6 Å². The van der Waals surface area contributed by atoms with Crippen LogP contribution in [0, 0.1) is 0 Å². The summed E-state index contributed by atoms with van der Waals surface area (Å²) in [5.74, 6) is 0. The lowest BCUT2D eigenvalue weighted by atomic mass is 10.1. The van der Waals surface area contributed by atoms with Gasteiger partial charge in [0.1, 0.15) is 0 Å². The molecule has 0 heterocycles. The van der Waals surface area contributed by atoms with Crippen molar-refractivity contribution in [3.63, 3.8) is 0 Å². The topological polar surface area (TPSA) is 35.2 Å². The quantitative estimate of drug-likeness (QED) is 0.462. The second kappa shape index (κ2) is 10.4. The van der Waals surface area contributed by atoms with Crippen LogP contribution in [0.5, 0.6) is 0 Å². The first-order chi connectivity index (χ1) is 7.16. The Morgan fingerprint density at radius 2 is 2.00 bits per heavy atom. The van der Waals surface area contributed by atoms with Crippen LogP contribution in [0.25, 0.3) is 0 Å². The predicted molar refractivity (Wildman–Crippen MR) is 70.2 cm³/mol. The highest BCUT2D eigenvalue weighted by molar-refractivity contribution is 7.80. The molecule has 0 spiro atoms. The zero-order valence-corrected chi connectivity index (χ0v) is 10.9. The van der Waals surface area contributed by atoms with E-state index in [-0.39, 0.29) is 0 Å². The third-order valence-corrected chi connectivity index (χ3v) is 2.64. The SMILES string of the molecule is CCCCCCC(C)OCCCC(N)=S. The highest BCUT2D eigenvalue weighted by Gasteiger charge is 2.01. The standard InChI is InChI=1S/C12H25NOS/c1-3-4-5-6-8-11(2)14-10-7-9-12(13)15/h11H,3-10H2,1-2H3,(H2,13,15). The van der Waals surface area contributed by atoms with Crippen molar-refractivity contribution in [3.8, 4) is 0 Å². The highest BCUT2D eigenvalue weighted by Crippen LogP contribution is 2.08. The van der Waals surface area contributed by atoms with Gasteiger partial charge in [0.25, 0.3) is 0 Å². The Morgan fingerprint density at radius 3 is 2.60 bits per heavy atom. The number of thiocarbonyl (C=S) groups is 1. The van der Waals surface area contributed by atoms with E-state index in [1.54, 1.807) is 0 Å². The summed E-state index contributed by atoms with van der Waals surface area (Å²) < 4.78 is 5.66. The van der Waals surface area contributed by atoms with Gasteiger partial charge in [0.15, 0.2) is 0 Å². The summed E-state index contributed by atoms with van der Waals surface area (Å²) in [5.41, 5.74) is 5.40. The van der Waals surface area contributed by atoms with E-state index < -0.39 is 0 Å². The fourth-order valence-electron chi connectivity index (χ4n) is 1.47. The predicted octanol–water partition coefficient (Wildman–Crippen LogP) is 3.43. The van der Waals surface area contributed by atoms with Gasteiger partial charge in [-0.15, -0.1) is 0 Å². The molecule has 0 saturated heterocycles. The third-order valence-electron chi connectivity index (χ3n) is 2.43. The lowest BCUT2D eigenvalue weighted by molar-refractivity contribution is 0.0578. The molecule has 3 heteroatoms. The maximum absolute atomic E-state index is 5.66. The van der Waals surface area contributed by atoms with Crippen molar-refractivity contribution < 1.29 is 4.74 Å². The van der Waals surface area contributed by atoms with Crippen LogP contribution in [0.15, 0.2) is 0 Å². The maximum Gasteiger partial charge on any atom is 0.0728 e. The van der Waals surface area contributed by atoms with Crippen molar-refractivity contribution in [2.24, 2.45) is 5.73 Å². The van der Waals surface area contributed by atoms with Gasteiger partial charge in [0, 0.05) is 6.61 Å². The molecule has 1 unspecified atom stereocenters. The van der Waals surface area contributed by atoms with Gasteiger partial charge in [-0.1, -0.05) is 44.8 Å². The van der Waals surface area contributed by atoms with Gasteiger partial charge in [-0.2, -0.15) is 0 Å². The van der Waals surface area contributed by atoms with Crippen LogP contribution in [0.3, 0.4) is 0 Å². The molecule has 0 bridgehead atoms. The molecular formula is C12H25NOS. The number of rotatable bonds is 10. The molecular weight excluding hydrogens is 206 g/mol. The molecule has 90 valence electrons. The van der Waals surface area contributed by atoms with Crippen molar-refractivity contribution in [3.05, 3.63) is 0 Å². The number of nitrogens with two attached hydrogens (primary N) is 1. The molecule has 2 nitrogen and oxygen atoms in total. The molecule has 0 aliphatic heterocycles. The molecule has 0 aliphatic carbocycles. The Hall–Kier alpha value is -0.150. The molecule has 0 rings (SSSR count). The number of ether oxygens (including phenoxy) is 1.